The molecule has 2 N–H and O–H groups in total. The standard InChI is InChI=1S/C11H17N5O/c1-4-7(2)9(12)11-13-10(15-17-11)8-5-6-16(3)14-8/h5-7,9H,4,12H2,1-3H3. The molecule has 2 aromatic heterocycles. The van der Waals surface area contributed by atoms with Gasteiger partial charge in [-0.05, 0) is 12.0 Å². The Kier molecular flexibility index (Phi) is 3.23. The number of aryl methyl sites for hydroxylation is 1. The van der Waals surface area contributed by atoms with Crippen LogP contribution in [0.2, 0.25) is 0 Å². The lowest BCUT2D eigenvalue weighted by Crippen LogP contribution is -2.18. The van der Waals surface area contributed by atoms with Crippen LogP contribution in [0.1, 0.15) is 32.2 Å². The molecule has 17 heavy (non-hydrogen) atoms. The molecule has 6 heteroatoms. The highest BCUT2D eigenvalue weighted by molar-refractivity contribution is 5.46. The van der Waals surface area contributed by atoms with Gasteiger partial charge in [-0.1, -0.05) is 25.4 Å². The zero-order chi connectivity index (χ0) is 12.4. The molecule has 92 valence electrons. The van der Waals surface area contributed by atoms with Crippen molar-refractivity contribution < 1.29 is 4.52 Å². The van der Waals surface area contributed by atoms with Crippen molar-refractivity contribution in [2.75, 3.05) is 0 Å². The summed E-state index contributed by atoms with van der Waals surface area (Å²) in [7, 11) is 1.84. The smallest absolute Gasteiger partial charge is 0.244 e. The molecule has 0 saturated carbocycles. The van der Waals surface area contributed by atoms with Crippen LogP contribution in [0, 0.1) is 5.92 Å². The minimum Gasteiger partial charge on any atom is -0.337 e. The molecular weight excluding hydrogens is 218 g/mol. The van der Waals surface area contributed by atoms with E-state index in [1.165, 1.54) is 0 Å². The summed E-state index contributed by atoms with van der Waals surface area (Å²) < 4.78 is 6.87. The lowest BCUT2D eigenvalue weighted by atomic mass is 10.0. The van der Waals surface area contributed by atoms with Gasteiger partial charge >= 0.3 is 0 Å². The monoisotopic (exact) mass is 235 g/mol. The van der Waals surface area contributed by atoms with E-state index in [1.807, 2.05) is 19.3 Å². The molecule has 0 spiro atoms. The average molecular weight is 235 g/mol. The molecule has 0 aromatic carbocycles. The van der Waals surface area contributed by atoms with Gasteiger partial charge in [-0.15, -0.1) is 0 Å². The van der Waals surface area contributed by atoms with E-state index in [9.17, 15) is 0 Å². The fraction of sp³-hybridized carbons (Fsp3) is 0.545. The third kappa shape index (κ3) is 2.36. The fourth-order valence-corrected chi connectivity index (χ4v) is 1.51. The van der Waals surface area contributed by atoms with E-state index in [0.29, 0.717) is 23.3 Å². The van der Waals surface area contributed by atoms with Gasteiger partial charge in [0, 0.05) is 13.2 Å². The third-order valence-corrected chi connectivity index (χ3v) is 2.93. The molecule has 6 nitrogen and oxygen atoms in total. The number of hydrogen-bond acceptors (Lipinski definition) is 5. The van der Waals surface area contributed by atoms with Crippen LogP contribution in [0.25, 0.3) is 11.5 Å². The van der Waals surface area contributed by atoms with Gasteiger partial charge in [-0.2, -0.15) is 10.1 Å². The zero-order valence-corrected chi connectivity index (χ0v) is 10.3. The Morgan fingerprint density at radius 1 is 1.53 bits per heavy atom. The SMILES string of the molecule is CCC(C)C(N)c1nc(-c2ccn(C)n2)no1. The number of aromatic nitrogens is 4. The summed E-state index contributed by atoms with van der Waals surface area (Å²) in [5, 5.41) is 8.11. The Labute approximate surface area is 99.8 Å². The van der Waals surface area contributed by atoms with E-state index in [2.05, 4.69) is 29.1 Å². The van der Waals surface area contributed by atoms with E-state index in [1.54, 1.807) is 4.68 Å². The third-order valence-electron chi connectivity index (χ3n) is 2.93. The maximum absolute atomic E-state index is 6.02. The van der Waals surface area contributed by atoms with E-state index in [4.69, 9.17) is 10.3 Å². The highest BCUT2D eigenvalue weighted by Gasteiger charge is 2.21. The molecule has 0 aliphatic heterocycles. The van der Waals surface area contributed by atoms with Crippen LogP contribution in [0.15, 0.2) is 16.8 Å². The van der Waals surface area contributed by atoms with Crippen molar-refractivity contribution in [3.63, 3.8) is 0 Å². The van der Waals surface area contributed by atoms with Crippen molar-refractivity contribution in [3.05, 3.63) is 18.2 Å². The maximum atomic E-state index is 6.02. The fourth-order valence-electron chi connectivity index (χ4n) is 1.51. The van der Waals surface area contributed by atoms with Crippen LogP contribution in [-0.4, -0.2) is 19.9 Å². The minimum atomic E-state index is -0.218. The number of nitrogens with zero attached hydrogens (tertiary/aromatic N) is 4. The molecule has 2 unspecified atom stereocenters. The van der Waals surface area contributed by atoms with Crippen LogP contribution in [0.3, 0.4) is 0 Å². The van der Waals surface area contributed by atoms with Crippen LogP contribution in [0.5, 0.6) is 0 Å². The number of hydrogen-bond donors (Lipinski definition) is 1. The molecule has 2 heterocycles. The molecular formula is C11H17N5O. The molecule has 2 atom stereocenters. The van der Waals surface area contributed by atoms with Crippen LogP contribution >= 0.6 is 0 Å². The lowest BCUT2D eigenvalue weighted by Gasteiger charge is -2.12. The quantitative estimate of drug-likeness (QED) is 0.868. The van der Waals surface area contributed by atoms with Crippen LogP contribution in [-0.2, 0) is 7.05 Å². The second-order valence-electron chi connectivity index (χ2n) is 4.24. The van der Waals surface area contributed by atoms with Gasteiger partial charge in [-0.3, -0.25) is 4.68 Å². The topological polar surface area (TPSA) is 82.8 Å². The van der Waals surface area contributed by atoms with Crippen molar-refractivity contribution in [1.82, 2.24) is 19.9 Å². The summed E-state index contributed by atoms with van der Waals surface area (Å²) in [5.74, 6) is 1.27. The first-order valence-electron chi connectivity index (χ1n) is 5.71. The Hall–Kier alpha value is -1.69. The Bertz CT molecular complexity index is 490. The van der Waals surface area contributed by atoms with Crippen molar-refractivity contribution in [2.24, 2.45) is 18.7 Å². The van der Waals surface area contributed by atoms with Gasteiger partial charge in [-0.25, -0.2) is 0 Å². The summed E-state index contributed by atoms with van der Waals surface area (Å²) in [6.07, 6.45) is 2.81. The largest absolute Gasteiger partial charge is 0.337 e. The zero-order valence-electron chi connectivity index (χ0n) is 10.3. The Balaban J connectivity index is 2.21. The summed E-state index contributed by atoms with van der Waals surface area (Å²) >= 11 is 0. The molecule has 2 rings (SSSR count). The molecule has 0 aliphatic rings. The van der Waals surface area contributed by atoms with Gasteiger partial charge in [0.1, 0.15) is 5.69 Å². The normalized spacial score (nSPS) is 14.8. The summed E-state index contributed by atoms with van der Waals surface area (Å²) in [5.41, 5.74) is 6.72. The van der Waals surface area contributed by atoms with Crippen LogP contribution in [0.4, 0.5) is 0 Å². The molecule has 0 radical (unpaired) electrons. The molecule has 0 saturated heterocycles. The Morgan fingerprint density at radius 3 is 2.88 bits per heavy atom. The molecule has 2 aromatic rings. The maximum Gasteiger partial charge on any atom is 0.244 e. The molecule has 0 amide bonds. The summed E-state index contributed by atoms with van der Waals surface area (Å²) in [6, 6.07) is 1.62. The number of nitrogens with two attached hydrogens (primary N) is 1. The molecule has 0 bridgehead atoms. The van der Waals surface area contributed by atoms with Crippen molar-refractivity contribution >= 4 is 0 Å². The molecule has 0 aliphatic carbocycles. The van der Waals surface area contributed by atoms with Gasteiger partial charge in [0.15, 0.2) is 0 Å². The minimum absolute atomic E-state index is 0.218. The second kappa shape index (κ2) is 4.67. The second-order valence-corrected chi connectivity index (χ2v) is 4.24. The van der Waals surface area contributed by atoms with E-state index in [0.717, 1.165) is 6.42 Å². The first-order chi connectivity index (χ1) is 8.11. The first-order valence-corrected chi connectivity index (χ1v) is 5.71. The first kappa shape index (κ1) is 11.8. The predicted molar refractivity (Wildman–Crippen MR) is 62.9 cm³/mol. The highest BCUT2D eigenvalue weighted by Crippen LogP contribution is 2.22. The van der Waals surface area contributed by atoms with Gasteiger partial charge in [0.05, 0.1) is 6.04 Å². The lowest BCUT2D eigenvalue weighted by molar-refractivity contribution is 0.312. The van der Waals surface area contributed by atoms with Crippen molar-refractivity contribution in [2.45, 2.75) is 26.3 Å². The molecule has 0 fully saturated rings. The highest BCUT2D eigenvalue weighted by atomic mass is 16.5. The Morgan fingerprint density at radius 2 is 2.29 bits per heavy atom. The van der Waals surface area contributed by atoms with E-state index in [-0.39, 0.29) is 6.04 Å². The average Bonchev–Trinajstić information content (AvgIpc) is 2.95. The number of rotatable bonds is 4. The predicted octanol–water partition coefficient (Wildman–Crippen LogP) is 1.52. The van der Waals surface area contributed by atoms with E-state index >= 15 is 0 Å². The van der Waals surface area contributed by atoms with Gasteiger partial charge in [0.25, 0.3) is 0 Å². The van der Waals surface area contributed by atoms with Gasteiger partial charge < -0.3 is 10.3 Å². The summed E-state index contributed by atoms with van der Waals surface area (Å²) in [6.45, 7) is 4.15. The van der Waals surface area contributed by atoms with Crippen molar-refractivity contribution in [1.29, 1.82) is 0 Å². The van der Waals surface area contributed by atoms with Crippen molar-refractivity contribution in [3.8, 4) is 11.5 Å². The van der Waals surface area contributed by atoms with E-state index < -0.39 is 0 Å². The van der Waals surface area contributed by atoms with Crippen LogP contribution < -0.4 is 5.73 Å². The summed E-state index contributed by atoms with van der Waals surface area (Å²) in [4.78, 5) is 4.28. The van der Waals surface area contributed by atoms with Gasteiger partial charge in [0.2, 0.25) is 11.7 Å².